The van der Waals surface area contributed by atoms with Crippen LogP contribution in [0, 0.1) is 0 Å². The van der Waals surface area contributed by atoms with Crippen LogP contribution in [0.4, 0.5) is 16.8 Å². The summed E-state index contributed by atoms with van der Waals surface area (Å²) in [5.41, 5.74) is 8.03. The lowest BCUT2D eigenvalue weighted by Crippen LogP contribution is -2.43. The molecule has 2 aromatic heterocycles. The van der Waals surface area contributed by atoms with E-state index in [4.69, 9.17) is 22.3 Å². The molecule has 1 aliphatic heterocycles. The van der Waals surface area contributed by atoms with Gasteiger partial charge in [-0.15, -0.1) is 0 Å². The van der Waals surface area contributed by atoms with E-state index in [9.17, 15) is 8.42 Å². The molecule has 32 heavy (non-hydrogen) atoms. The number of hydrogen-bond donors (Lipinski definition) is 3. The second-order valence-corrected chi connectivity index (χ2v) is 10.5. The van der Waals surface area contributed by atoms with Crippen molar-refractivity contribution in [3.63, 3.8) is 0 Å². The van der Waals surface area contributed by atoms with Crippen LogP contribution >= 0.6 is 22.9 Å². The number of thiazole rings is 1. The topological polar surface area (TPSA) is 126 Å². The molecular formula is C20H24ClN7O2S2. The molecular weight excluding hydrogens is 470 g/mol. The summed E-state index contributed by atoms with van der Waals surface area (Å²) in [5.74, 6) is 0.181. The van der Waals surface area contributed by atoms with Crippen LogP contribution in [0.25, 0.3) is 21.8 Å². The number of nitrogens with two attached hydrogens (primary N) is 1. The third-order valence-corrected chi connectivity index (χ3v) is 7.92. The van der Waals surface area contributed by atoms with E-state index in [1.54, 1.807) is 24.4 Å². The van der Waals surface area contributed by atoms with Crippen LogP contribution in [0.15, 0.2) is 30.5 Å². The Morgan fingerprint density at radius 2 is 2.03 bits per heavy atom. The van der Waals surface area contributed by atoms with Crippen molar-refractivity contribution in [2.24, 2.45) is 0 Å². The highest BCUT2D eigenvalue weighted by atomic mass is 35.5. The van der Waals surface area contributed by atoms with E-state index in [0.717, 1.165) is 36.2 Å². The van der Waals surface area contributed by atoms with E-state index in [1.807, 2.05) is 13.0 Å². The van der Waals surface area contributed by atoms with Crippen molar-refractivity contribution in [2.75, 3.05) is 47.3 Å². The lowest BCUT2D eigenvalue weighted by atomic mass is 10.1. The van der Waals surface area contributed by atoms with Gasteiger partial charge in [0.1, 0.15) is 0 Å². The van der Waals surface area contributed by atoms with Gasteiger partial charge < -0.3 is 16.0 Å². The number of hydrogen-bond acceptors (Lipinski definition) is 9. The maximum absolute atomic E-state index is 12.3. The zero-order valence-corrected chi connectivity index (χ0v) is 19.9. The first-order chi connectivity index (χ1) is 15.4. The fraction of sp³-hybridized carbons (Fsp3) is 0.350. The third kappa shape index (κ3) is 4.96. The van der Waals surface area contributed by atoms with Gasteiger partial charge in [0, 0.05) is 37.9 Å². The van der Waals surface area contributed by atoms with Gasteiger partial charge in [-0.25, -0.2) is 23.4 Å². The molecule has 1 saturated heterocycles. The molecule has 0 atom stereocenters. The lowest BCUT2D eigenvalue weighted by Gasteiger charge is -2.26. The highest BCUT2D eigenvalue weighted by Gasteiger charge is 2.24. The molecule has 3 aromatic rings. The van der Waals surface area contributed by atoms with Crippen LogP contribution in [0.2, 0.25) is 5.02 Å². The molecule has 3 heterocycles. The van der Waals surface area contributed by atoms with Crippen LogP contribution < -0.4 is 20.7 Å². The van der Waals surface area contributed by atoms with Gasteiger partial charge in [0.15, 0.2) is 5.13 Å². The second-order valence-electron chi connectivity index (χ2n) is 7.30. The van der Waals surface area contributed by atoms with Gasteiger partial charge >= 0.3 is 0 Å². The number of aromatic nitrogens is 3. The molecule has 170 valence electrons. The van der Waals surface area contributed by atoms with Crippen molar-refractivity contribution in [2.45, 2.75) is 13.3 Å². The average molecular weight is 494 g/mol. The number of anilines is 3. The average Bonchev–Trinajstić information content (AvgIpc) is 3.21. The summed E-state index contributed by atoms with van der Waals surface area (Å²) in [6, 6.07) is 7.00. The number of piperazine rings is 1. The first kappa shape index (κ1) is 22.7. The smallest absolute Gasteiger partial charge is 0.232 e. The molecule has 0 unspecified atom stereocenters. The molecule has 0 saturated carbocycles. The Morgan fingerprint density at radius 1 is 1.25 bits per heavy atom. The Bertz CT molecular complexity index is 1210. The van der Waals surface area contributed by atoms with Crippen LogP contribution in [0.3, 0.4) is 0 Å². The number of nitrogens with zero attached hydrogens (tertiary/aromatic N) is 4. The summed E-state index contributed by atoms with van der Waals surface area (Å²) < 4.78 is 27.2. The maximum atomic E-state index is 12.3. The summed E-state index contributed by atoms with van der Waals surface area (Å²) >= 11 is 8.19. The van der Waals surface area contributed by atoms with Crippen molar-refractivity contribution in [3.05, 3.63) is 35.5 Å². The predicted octanol–water partition coefficient (Wildman–Crippen LogP) is 3.06. The van der Waals surface area contributed by atoms with E-state index >= 15 is 0 Å². The summed E-state index contributed by atoms with van der Waals surface area (Å²) in [5, 5.41) is 4.47. The minimum Gasteiger partial charge on any atom is -0.368 e. The molecule has 0 radical (unpaired) electrons. The molecule has 0 amide bonds. The van der Waals surface area contributed by atoms with Crippen molar-refractivity contribution < 1.29 is 8.42 Å². The van der Waals surface area contributed by atoms with E-state index < -0.39 is 10.0 Å². The minimum absolute atomic E-state index is 0.0167. The number of benzene rings is 1. The number of rotatable bonds is 7. The standard InChI is InChI=1S/C20H24ClN7O2S2/c1-2-12-32(29,30)27-14-5-3-4-13(16(14)21)17-18(15-6-7-24-19(22)25-15)31-20(26-17)28-10-8-23-9-11-28/h3-7,23,27H,2,8-12H2,1H3,(H2,22,24,25). The normalized spacial score (nSPS) is 14.5. The van der Waals surface area contributed by atoms with Crippen molar-refractivity contribution >= 4 is 49.7 Å². The Morgan fingerprint density at radius 3 is 2.75 bits per heavy atom. The molecule has 9 nitrogen and oxygen atoms in total. The molecule has 4 N–H and O–H groups in total. The summed E-state index contributed by atoms with van der Waals surface area (Å²) in [6.07, 6.45) is 2.11. The molecule has 12 heteroatoms. The number of nitrogen functional groups attached to an aromatic ring is 1. The summed E-state index contributed by atoms with van der Waals surface area (Å²) in [4.78, 5) is 16.3. The van der Waals surface area contributed by atoms with Crippen LogP contribution in [0.5, 0.6) is 0 Å². The Kier molecular flexibility index (Phi) is 6.79. The molecule has 1 aromatic carbocycles. The Hall–Kier alpha value is -2.47. The zero-order valence-electron chi connectivity index (χ0n) is 17.5. The highest BCUT2D eigenvalue weighted by Crippen LogP contribution is 2.43. The Labute approximate surface area is 196 Å². The second kappa shape index (κ2) is 9.57. The van der Waals surface area contributed by atoms with Gasteiger partial charge in [-0.05, 0) is 18.6 Å². The molecule has 4 rings (SSSR count). The third-order valence-electron chi connectivity index (χ3n) is 4.90. The van der Waals surface area contributed by atoms with Crippen molar-refractivity contribution in [3.8, 4) is 21.8 Å². The fourth-order valence-electron chi connectivity index (χ4n) is 3.44. The lowest BCUT2D eigenvalue weighted by molar-refractivity contribution is 0.588. The number of nitrogens with one attached hydrogen (secondary N) is 2. The fourth-order valence-corrected chi connectivity index (χ4v) is 6.00. The molecule has 0 spiro atoms. The monoisotopic (exact) mass is 493 g/mol. The molecule has 0 aliphatic carbocycles. The predicted molar refractivity (Wildman–Crippen MR) is 131 cm³/mol. The van der Waals surface area contributed by atoms with E-state index in [0.29, 0.717) is 29.1 Å². The molecule has 1 fully saturated rings. The summed E-state index contributed by atoms with van der Waals surface area (Å²) in [7, 11) is -3.49. The molecule has 0 bridgehead atoms. The number of sulfonamides is 1. The van der Waals surface area contributed by atoms with Crippen LogP contribution in [-0.2, 0) is 10.0 Å². The Balaban J connectivity index is 1.82. The SMILES string of the molecule is CCCS(=O)(=O)Nc1cccc(-c2nc(N3CCNCC3)sc2-c2ccnc(N)n2)c1Cl. The minimum atomic E-state index is -3.49. The van der Waals surface area contributed by atoms with Crippen molar-refractivity contribution in [1.82, 2.24) is 20.3 Å². The maximum Gasteiger partial charge on any atom is 0.232 e. The quantitative estimate of drug-likeness (QED) is 0.458. The van der Waals surface area contributed by atoms with Gasteiger partial charge in [0.05, 0.1) is 32.7 Å². The molecule has 1 aliphatic rings. The van der Waals surface area contributed by atoms with Crippen molar-refractivity contribution in [1.29, 1.82) is 0 Å². The summed E-state index contributed by atoms with van der Waals surface area (Å²) in [6.45, 7) is 5.23. The first-order valence-electron chi connectivity index (χ1n) is 10.2. The van der Waals surface area contributed by atoms with Gasteiger partial charge in [0.2, 0.25) is 16.0 Å². The van der Waals surface area contributed by atoms with Gasteiger partial charge in [-0.3, -0.25) is 4.72 Å². The number of halogens is 1. The van der Waals surface area contributed by atoms with Gasteiger partial charge in [0.25, 0.3) is 0 Å². The van der Waals surface area contributed by atoms with E-state index in [2.05, 4.69) is 24.9 Å². The van der Waals surface area contributed by atoms with E-state index in [1.165, 1.54) is 11.3 Å². The van der Waals surface area contributed by atoms with Crippen LogP contribution in [0.1, 0.15) is 13.3 Å². The van der Waals surface area contributed by atoms with Gasteiger partial charge in [-0.2, -0.15) is 0 Å². The van der Waals surface area contributed by atoms with Crippen LogP contribution in [-0.4, -0.2) is 55.3 Å². The largest absolute Gasteiger partial charge is 0.368 e. The van der Waals surface area contributed by atoms with Gasteiger partial charge in [-0.1, -0.05) is 42.0 Å². The highest BCUT2D eigenvalue weighted by molar-refractivity contribution is 7.92. The zero-order chi connectivity index (χ0) is 22.7. The van der Waals surface area contributed by atoms with E-state index in [-0.39, 0.29) is 16.7 Å². The first-order valence-corrected chi connectivity index (χ1v) is 13.1.